The van der Waals surface area contributed by atoms with Gasteiger partial charge in [-0.2, -0.15) is 0 Å². The van der Waals surface area contributed by atoms with E-state index in [-0.39, 0.29) is 17.4 Å². The molecule has 0 fully saturated rings. The predicted molar refractivity (Wildman–Crippen MR) is 87.9 cm³/mol. The Hall–Kier alpha value is -2.16. The van der Waals surface area contributed by atoms with Gasteiger partial charge in [0.25, 0.3) is 5.69 Å². The fraction of sp³-hybridized carbons (Fsp3) is 0.500. The van der Waals surface area contributed by atoms with E-state index in [2.05, 4.69) is 5.32 Å². The standard InChI is InChI=1S/C14H21N3O5S/c1-5-11(3)15-14(18)9-16(23(4,21)22)13-8-12(17(19)20)7-6-10(13)2/h6-8,11H,5,9H2,1-4H3,(H,15,18). The molecule has 9 heteroatoms. The normalized spacial score (nSPS) is 12.5. The topological polar surface area (TPSA) is 110 Å². The Labute approximate surface area is 135 Å². The van der Waals surface area contributed by atoms with Crippen molar-refractivity contribution in [1.29, 1.82) is 0 Å². The summed E-state index contributed by atoms with van der Waals surface area (Å²) in [6.07, 6.45) is 1.67. The Balaban J connectivity index is 3.21. The van der Waals surface area contributed by atoms with Crippen molar-refractivity contribution < 1.29 is 18.1 Å². The largest absolute Gasteiger partial charge is 0.352 e. The number of benzene rings is 1. The van der Waals surface area contributed by atoms with E-state index in [1.807, 2.05) is 6.92 Å². The first-order chi connectivity index (χ1) is 10.6. The molecule has 0 bridgehead atoms. The van der Waals surface area contributed by atoms with Crippen LogP contribution in [0.3, 0.4) is 0 Å². The fourth-order valence-electron chi connectivity index (χ4n) is 1.91. The van der Waals surface area contributed by atoms with Gasteiger partial charge >= 0.3 is 0 Å². The van der Waals surface area contributed by atoms with Gasteiger partial charge in [-0.15, -0.1) is 0 Å². The third kappa shape index (κ3) is 5.20. The zero-order valence-electron chi connectivity index (χ0n) is 13.6. The number of hydrogen-bond acceptors (Lipinski definition) is 5. The minimum absolute atomic E-state index is 0.0879. The van der Waals surface area contributed by atoms with Crippen molar-refractivity contribution >= 4 is 27.3 Å². The van der Waals surface area contributed by atoms with Crippen molar-refractivity contribution in [3.63, 3.8) is 0 Å². The van der Waals surface area contributed by atoms with Gasteiger partial charge in [0.15, 0.2) is 0 Å². The molecule has 1 unspecified atom stereocenters. The highest BCUT2D eigenvalue weighted by Crippen LogP contribution is 2.27. The molecular weight excluding hydrogens is 322 g/mol. The molecule has 0 radical (unpaired) electrons. The van der Waals surface area contributed by atoms with E-state index in [4.69, 9.17) is 0 Å². The van der Waals surface area contributed by atoms with E-state index in [1.54, 1.807) is 13.8 Å². The highest BCUT2D eigenvalue weighted by atomic mass is 32.2. The van der Waals surface area contributed by atoms with Gasteiger partial charge in [0, 0.05) is 18.2 Å². The molecule has 0 aliphatic carbocycles. The van der Waals surface area contributed by atoms with Crippen LogP contribution in [0, 0.1) is 17.0 Å². The summed E-state index contributed by atoms with van der Waals surface area (Å²) in [5, 5.41) is 13.6. The maximum Gasteiger partial charge on any atom is 0.271 e. The molecule has 1 aromatic carbocycles. The fourth-order valence-corrected chi connectivity index (χ4v) is 2.82. The van der Waals surface area contributed by atoms with Gasteiger partial charge in [-0.05, 0) is 25.8 Å². The summed E-state index contributed by atoms with van der Waals surface area (Å²) in [5.41, 5.74) is 0.417. The third-order valence-corrected chi connectivity index (χ3v) is 4.51. The zero-order valence-corrected chi connectivity index (χ0v) is 14.4. The van der Waals surface area contributed by atoms with E-state index in [1.165, 1.54) is 12.1 Å². The summed E-state index contributed by atoms with van der Waals surface area (Å²) in [5.74, 6) is -0.462. The van der Waals surface area contributed by atoms with Gasteiger partial charge in [-0.25, -0.2) is 8.42 Å². The second-order valence-corrected chi connectivity index (χ2v) is 7.28. The average molecular weight is 343 g/mol. The van der Waals surface area contributed by atoms with Crippen LogP contribution in [0.15, 0.2) is 18.2 Å². The van der Waals surface area contributed by atoms with E-state index in [9.17, 15) is 23.3 Å². The monoisotopic (exact) mass is 343 g/mol. The first kappa shape index (κ1) is 18.9. The highest BCUT2D eigenvalue weighted by Gasteiger charge is 2.24. The minimum atomic E-state index is -3.77. The molecule has 23 heavy (non-hydrogen) atoms. The van der Waals surface area contributed by atoms with Gasteiger partial charge in [0.2, 0.25) is 15.9 Å². The lowest BCUT2D eigenvalue weighted by atomic mass is 10.2. The molecule has 0 heterocycles. The van der Waals surface area contributed by atoms with E-state index in [0.29, 0.717) is 12.0 Å². The highest BCUT2D eigenvalue weighted by molar-refractivity contribution is 7.92. The number of carbonyl (C=O) groups is 1. The predicted octanol–water partition coefficient (Wildman–Crippen LogP) is 1.58. The van der Waals surface area contributed by atoms with E-state index >= 15 is 0 Å². The van der Waals surface area contributed by atoms with Crippen LogP contribution in [0.4, 0.5) is 11.4 Å². The summed E-state index contributed by atoms with van der Waals surface area (Å²) in [4.78, 5) is 22.3. The number of amides is 1. The van der Waals surface area contributed by atoms with Crippen LogP contribution in [-0.4, -0.2) is 38.1 Å². The molecule has 0 aliphatic heterocycles. The number of non-ortho nitro benzene ring substituents is 1. The molecule has 1 aromatic rings. The number of carbonyl (C=O) groups excluding carboxylic acids is 1. The second kappa shape index (κ2) is 7.40. The number of nitro groups is 1. The van der Waals surface area contributed by atoms with Crippen molar-refractivity contribution in [3.8, 4) is 0 Å². The lowest BCUT2D eigenvalue weighted by Crippen LogP contribution is -2.43. The third-order valence-electron chi connectivity index (χ3n) is 3.38. The molecule has 0 spiro atoms. The Bertz CT molecular complexity index is 702. The summed E-state index contributed by atoms with van der Waals surface area (Å²) in [6.45, 7) is 4.90. The molecule has 0 aliphatic rings. The van der Waals surface area contributed by atoms with Gasteiger partial charge in [-0.1, -0.05) is 13.0 Å². The number of rotatable bonds is 7. The molecule has 1 amide bonds. The summed E-state index contributed by atoms with van der Waals surface area (Å²) < 4.78 is 24.9. The number of nitrogens with zero attached hydrogens (tertiary/aromatic N) is 2. The summed E-state index contributed by atoms with van der Waals surface area (Å²) >= 11 is 0. The molecule has 8 nitrogen and oxygen atoms in total. The first-order valence-corrected chi connectivity index (χ1v) is 8.93. The Kier molecular flexibility index (Phi) is 6.08. The lowest BCUT2D eigenvalue weighted by molar-refractivity contribution is -0.384. The number of anilines is 1. The molecule has 1 atom stereocenters. The molecule has 0 saturated carbocycles. The Morgan fingerprint density at radius 3 is 2.52 bits per heavy atom. The van der Waals surface area contributed by atoms with Crippen molar-refractivity contribution in [2.24, 2.45) is 0 Å². The Morgan fingerprint density at radius 2 is 2.04 bits per heavy atom. The maximum atomic E-state index is 12.0. The second-order valence-electron chi connectivity index (χ2n) is 5.37. The minimum Gasteiger partial charge on any atom is -0.352 e. The van der Waals surface area contributed by atoms with Crippen molar-refractivity contribution in [3.05, 3.63) is 33.9 Å². The van der Waals surface area contributed by atoms with Crippen LogP contribution >= 0.6 is 0 Å². The number of hydrogen-bond donors (Lipinski definition) is 1. The van der Waals surface area contributed by atoms with Crippen LogP contribution in [-0.2, 0) is 14.8 Å². The van der Waals surface area contributed by atoms with Gasteiger partial charge < -0.3 is 5.32 Å². The molecule has 0 aromatic heterocycles. The van der Waals surface area contributed by atoms with Gasteiger partial charge in [0.05, 0.1) is 16.9 Å². The van der Waals surface area contributed by atoms with Crippen LogP contribution < -0.4 is 9.62 Å². The van der Waals surface area contributed by atoms with Crippen molar-refractivity contribution in [1.82, 2.24) is 5.32 Å². The smallest absolute Gasteiger partial charge is 0.271 e. The quantitative estimate of drug-likeness (QED) is 0.597. The Morgan fingerprint density at radius 1 is 1.43 bits per heavy atom. The maximum absolute atomic E-state index is 12.0. The van der Waals surface area contributed by atoms with Gasteiger partial charge in [0.1, 0.15) is 6.54 Å². The molecule has 1 rings (SSSR count). The average Bonchev–Trinajstić information content (AvgIpc) is 2.44. The van der Waals surface area contributed by atoms with Crippen molar-refractivity contribution in [2.75, 3.05) is 17.1 Å². The van der Waals surface area contributed by atoms with Gasteiger partial charge in [-0.3, -0.25) is 19.2 Å². The molecular formula is C14H21N3O5S. The number of nitro benzene ring substituents is 1. The number of nitrogens with one attached hydrogen (secondary N) is 1. The van der Waals surface area contributed by atoms with E-state index < -0.39 is 27.4 Å². The van der Waals surface area contributed by atoms with Crippen LogP contribution in [0.5, 0.6) is 0 Å². The first-order valence-electron chi connectivity index (χ1n) is 7.08. The van der Waals surface area contributed by atoms with Crippen LogP contribution in [0.1, 0.15) is 25.8 Å². The number of sulfonamides is 1. The van der Waals surface area contributed by atoms with Crippen LogP contribution in [0.25, 0.3) is 0 Å². The van der Waals surface area contributed by atoms with Crippen molar-refractivity contribution in [2.45, 2.75) is 33.2 Å². The zero-order chi connectivity index (χ0) is 17.8. The molecule has 128 valence electrons. The molecule has 0 saturated heterocycles. The van der Waals surface area contributed by atoms with E-state index in [0.717, 1.165) is 16.6 Å². The SMILES string of the molecule is CCC(C)NC(=O)CN(c1cc([N+](=O)[O-])ccc1C)S(C)(=O)=O. The molecule has 1 N–H and O–H groups in total. The number of aryl methyl sites for hydroxylation is 1. The summed E-state index contributed by atoms with van der Waals surface area (Å²) in [6, 6.07) is 3.82. The van der Waals surface area contributed by atoms with Crippen LogP contribution in [0.2, 0.25) is 0 Å². The summed E-state index contributed by atoms with van der Waals surface area (Å²) in [7, 11) is -3.77. The lowest BCUT2D eigenvalue weighted by Gasteiger charge is -2.24.